The molecule has 1 N–H and O–H groups in total. The molecule has 2 heterocycles. The van der Waals surface area contributed by atoms with Crippen LogP contribution in [0.5, 0.6) is 0 Å². The van der Waals surface area contributed by atoms with Crippen LogP contribution in [0.4, 0.5) is 0 Å². The molecule has 3 rings (SSSR count). The van der Waals surface area contributed by atoms with Crippen molar-refractivity contribution in [1.29, 1.82) is 0 Å². The third-order valence-electron chi connectivity index (χ3n) is 4.05. The summed E-state index contributed by atoms with van der Waals surface area (Å²) in [4.78, 5) is 4.76. The minimum absolute atomic E-state index is 0.249. The smallest absolute Gasteiger partial charge is 0.135 e. The van der Waals surface area contributed by atoms with Gasteiger partial charge in [-0.15, -0.1) is 0 Å². The second-order valence-electron chi connectivity index (χ2n) is 5.47. The highest BCUT2D eigenvalue weighted by Crippen LogP contribution is 2.16. The first-order valence-corrected chi connectivity index (χ1v) is 7.01. The molecule has 1 saturated heterocycles. The van der Waals surface area contributed by atoms with Crippen LogP contribution in [-0.2, 0) is 6.54 Å². The van der Waals surface area contributed by atoms with E-state index in [4.69, 9.17) is 9.74 Å². The van der Waals surface area contributed by atoms with E-state index in [2.05, 4.69) is 33.2 Å². The van der Waals surface area contributed by atoms with Crippen LogP contribution in [0.2, 0.25) is 0 Å². The zero-order valence-corrected chi connectivity index (χ0v) is 11.7. The molecule has 0 spiro atoms. The quantitative estimate of drug-likeness (QED) is 0.887. The largest absolute Gasteiger partial charge is 0.396 e. The molecule has 1 aromatic heterocycles. The molecular weight excluding hydrogens is 256 g/mol. The lowest BCUT2D eigenvalue weighted by molar-refractivity contribution is 0.0743. The second kappa shape index (κ2) is 5.87. The van der Waals surface area contributed by atoms with E-state index in [0.717, 1.165) is 43.6 Å². The Morgan fingerprint density at radius 3 is 3.00 bits per heavy atom. The first-order valence-electron chi connectivity index (χ1n) is 7.01. The SMILES string of the molecule is CN1CCN(Cc2ccc3nonc3c2)C[C@@H]1CCO. The van der Waals surface area contributed by atoms with Gasteiger partial charge in [0.05, 0.1) is 0 Å². The molecule has 0 amide bonds. The van der Waals surface area contributed by atoms with Crippen molar-refractivity contribution in [3.63, 3.8) is 0 Å². The molecule has 1 aliphatic heterocycles. The number of hydrogen-bond acceptors (Lipinski definition) is 6. The number of nitrogens with zero attached hydrogens (tertiary/aromatic N) is 4. The standard InChI is InChI=1S/C14H20N4O2/c1-17-5-6-18(10-12(17)4-7-19)9-11-2-3-13-14(8-11)16-20-15-13/h2-3,8,12,19H,4-7,9-10H2,1H3/t12-/m0/s1. The van der Waals surface area contributed by atoms with Gasteiger partial charge in [-0.2, -0.15) is 0 Å². The van der Waals surface area contributed by atoms with Crippen LogP contribution in [0.3, 0.4) is 0 Å². The number of rotatable bonds is 4. The number of benzene rings is 1. The maximum Gasteiger partial charge on any atom is 0.135 e. The molecule has 1 atom stereocenters. The molecule has 6 heteroatoms. The third-order valence-corrected chi connectivity index (χ3v) is 4.05. The average Bonchev–Trinajstić information content (AvgIpc) is 2.90. The molecule has 108 valence electrons. The molecule has 0 saturated carbocycles. The van der Waals surface area contributed by atoms with Crippen molar-refractivity contribution in [2.75, 3.05) is 33.3 Å². The Balaban J connectivity index is 1.67. The Morgan fingerprint density at radius 2 is 2.15 bits per heavy atom. The van der Waals surface area contributed by atoms with E-state index in [1.807, 2.05) is 12.1 Å². The Bertz CT molecular complexity index is 571. The summed E-state index contributed by atoms with van der Waals surface area (Å²) in [5, 5.41) is 16.8. The fourth-order valence-electron chi connectivity index (χ4n) is 2.80. The normalized spacial score (nSPS) is 21.6. The van der Waals surface area contributed by atoms with Crippen LogP contribution in [0, 0.1) is 0 Å². The van der Waals surface area contributed by atoms with E-state index in [-0.39, 0.29) is 6.61 Å². The Labute approximate surface area is 117 Å². The lowest BCUT2D eigenvalue weighted by Gasteiger charge is -2.39. The second-order valence-corrected chi connectivity index (χ2v) is 5.47. The minimum atomic E-state index is 0.249. The van der Waals surface area contributed by atoms with Gasteiger partial charge in [-0.05, 0) is 41.5 Å². The summed E-state index contributed by atoms with van der Waals surface area (Å²) in [7, 11) is 2.13. The third kappa shape index (κ3) is 2.82. The summed E-state index contributed by atoms with van der Waals surface area (Å²) >= 11 is 0. The number of likely N-dealkylation sites (N-methyl/N-ethyl adjacent to an activating group) is 1. The van der Waals surface area contributed by atoms with E-state index < -0.39 is 0 Å². The van der Waals surface area contributed by atoms with Gasteiger partial charge in [0, 0.05) is 38.8 Å². The Hall–Kier alpha value is -1.50. The molecule has 20 heavy (non-hydrogen) atoms. The molecule has 0 radical (unpaired) electrons. The summed E-state index contributed by atoms with van der Waals surface area (Å²) in [5.41, 5.74) is 2.83. The zero-order chi connectivity index (χ0) is 13.9. The van der Waals surface area contributed by atoms with Crippen molar-refractivity contribution in [2.45, 2.75) is 19.0 Å². The van der Waals surface area contributed by atoms with E-state index in [1.54, 1.807) is 0 Å². The number of piperazine rings is 1. The highest BCUT2D eigenvalue weighted by atomic mass is 16.6. The summed E-state index contributed by atoms with van der Waals surface area (Å²) < 4.78 is 4.72. The zero-order valence-electron chi connectivity index (χ0n) is 11.7. The summed E-state index contributed by atoms with van der Waals surface area (Å²) in [6, 6.07) is 6.49. The fourth-order valence-corrected chi connectivity index (χ4v) is 2.80. The van der Waals surface area contributed by atoms with Crippen molar-refractivity contribution < 1.29 is 9.74 Å². The predicted molar refractivity (Wildman–Crippen MR) is 75.2 cm³/mol. The maximum absolute atomic E-state index is 9.14. The van der Waals surface area contributed by atoms with Gasteiger partial charge in [0.15, 0.2) is 0 Å². The van der Waals surface area contributed by atoms with E-state index >= 15 is 0 Å². The molecule has 0 aliphatic carbocycles. The van der Waals surface area contributed by atoms with Crippen LogP contribution in [0.1, 0.15) is 12.0 Å². The van der Waals surface area contributed by atoms with Crippen LogP contribution >= 0.6 is 0 Å². The van der Waals surface area contributed by atoms with E-state index in [0.29, 0.717) is 6.04 Å². The summed E-state index contributed by atoms with van der Waals surface area (Å²) in [5.74, 6) is 0. The van der Waals surface area contributed by atoms with Crippen molar-refractivity contribution in [2.24, 2.45) is 0 Å². The van der Waals surface area contributed by atoms with Crippen LogP contribution in [0.25, 0.3) is 11.0 Å². The van der Waals surface area contributed by atoms with Gasteiger partial charge >= 0.3 is 0 Å². The average molecular weight is 276 g/mol. The first kappa shape index (κ1) is 13.5. The van der Waals surface area contributed by atoms with Gasteiger partial charge < -0.3 is 10.0 Å². The topological polar surface area (TPSA) is 65.6 Å². The molecule has 0 unspecified atom stereocenters. The number of hydrogen-bond donors (Lipinski definition) is 1. The van der Waals surface area contributed by atoms with E-state index in [1.165, 1.54) is 5.56 Å². The van der Waals surface area contributed by atoms with Crippen molar-refractivity contribution in [1.82, 2.24) is 20.1 Å². The van der Waals surface area contributed by atoms with Gasteiger partial charge in [0.25, 0.3) is 0 Å². The predicted octanol–water partition coefficient (Wildman–Crippen LogP) is 0.721. The van der Waals surface area contributed by atoms with Crippen LogP contribution < -0.4 is 0 Å². The maximum atomic E-state index is 9.14. The molecular formula is C14H20N4O2. The number of fused-ring (bicyclic) bond motifs is 1. The van der Waals surface area contributed by atoms with Crippen LogP contribution in [-0.4, -0.2) is 64.6 Å². The number of aliphatic hydroxyl groups is 1. The molecule has 1 aliphatic rings. The lowest BCUT2D eigenvalue weighted by atomic mass is 10.1. The van der Waals surface area contributed by atoms with Crippen LogP contribution in [0.15, 0.2) is 22.8 Å². The fraction of sp³-hybridized carbons (Fsp3) is 0.571. The van der Waals surface area contributed by atoms with Gasteiger partial charge in [-0.1, -0.05) is 6.07 Å². The molecule has 6 nitrogen and oxygen atoms in total. The Kier molecular flexibility index (Phi) is 3.95. The summed E-state index contributed by atoms with van der Waals surface area (Å²) in [6.45, 7) is 4.23. The van der Waals surface area contributed by atoms with E-state index in [9.17, 15) is 0 Å². The lowest BCUT2D eigenvalue weighted by Crippen LogP contribution is -2.51. The monoisotopic (exact) mass is 276 g/mol. The molecule has 1 fully saturated rings. The highest BCUT2D eigenvalue weighted by Gasteiger charge is 2.23. The number of aromatic nitrogens is 2. The molecule has 1 aromatic carbocycles. The molecule has 0 bridgehead atoms. The highest BCUT2D eigenvalue weighted by molar-refractivity contribution is 5.73. The van der Waals surface area contributed by atoms with Crippen molar-refractivity contribution in [3.8, 4) is 0 Å². The van der Waals surface area contributed by atoms with Gasteiger partial charge in [0.2, 0.25) is 0 Å². The number of aliphatic hydroxyl groups excluding tert-OH is 1. The Morgan fingerprint density at radius 1 is 1.30 bits per heavy atom. The van der Waals surface area contributed by atoms with Crippen molar-refractivity contribution in [3.05, 3.63) is 23.8 Å². The van der Waals surface area contributed by atoms with Gasteiger partial charge in [-0.3, -0.25) is 4.90 Å². The minimum Gasteiger partial charge on any atom is -0.396 e. The summed E-state index contributed by atoms with van der Waals surface area (Å²) in [6.07, 6.45) is 0.833. The first-order chi connectivity index (χ1) is 9.76. The van der Waals surface area contributed by atoms with Gasteiger partial charge in [-0.25, -0.2) is 4.63 Å². The van der Waals surface area contributed by atoms with Crippen molar-refractivity contribution >= 4 is 11.0 Å². The van der Waals surface area contributed by atoms with Gasteiger partial charge in [0.1, 0.15) is 11.0 Å². The molecule has 2 aromatic rings.